The average Bonchev–Trinajstić information content (AvgIpc) is 2.71. The second-order valence-electron chi connectivity index (χ2n) is 4.11. The molecule has 0 aliphatic carbocycles. The van der Waals surface area contributed by atoms with E-state index in [4.69, 9.17) is 11.6 Å². The summed E-state index contributed by atoms with van der Waals surface area (Å²) >= 11 is 5.59. The summed E-state index contributed by atoms with van der Waals surface area (Å²) in [4.78, 5) is 0. The number of halogens is 2. The number of hydrogen-bond acceptors (Lipinski definition) is 2. The van der Waals surface area contributed by atoms with E-state index in [0.29, 0.717) is 18.7 Å². The van der Waals surface area contributed by atoms with Crippen molar-refractivity contribution in [2.45, 2.75) is 18.6 Å². The quantitative estimate of drug-likeness (QED) is 0.794. The lowest BCUT2D eigenvalue weighted by atomic mass is 10.2. The maximum atomic E-state index is 13.2. The highest BCUT2D eigenvalue weighted by Gasteiger charge is 2.33. The molecule has 1 unspecified atom stereocenters. The van der Waals surface area contributed by atoms with Gasteiger partial charge in [-0.1, -0.05) is 6.07 Å². The van der Waals surface area contributed by atoms with Crippen molar-refractivity contribution in [1.82, 2.24) is 0 Å². The maximum Gasteiger partial charge on any atom is 0.238 e. The van der Waals surface area contributed by atoms with Crippen molar-refractivity contribution in [3.63, 3.8) is 0 Å². The molecule has 0 aromatic heterocycles. The smallest absolute Gasteiger partial charge is 0.238 e. The minimum absolute atomic E-state index is 0.0312. The Hall–Kier alpha value is -0.810. The van der Waals surface area contributed by atoms with E-state index in [1.807, 2.05) is 0 Å². The summed E-state index contributed by atoms with van der Waals surface area (Å²) < 4.78 is 38.7. The Kier molecular flexibility index (Phi) is 3.32. The van der Waals surface area contributed by atoms with Gasteiger partial charge in [0.05, 0.1) is 10.9 Å². The lowest BCUT2D eigenvalue weighted by Crippen LogP contribution is -2.37. The molecule has 1 aromatic rings. The molecule has 6 heteroatoms. The molecule has 0 N–H and O–H groups in total. The number of anilines is 1. The fourth-order valence-electron chi connectivity index (χ4n) is 1.88. The molecule has 17 heavy (non-hydrogen) atoms. The Bertz CT molecular complexity index is 532. The van der Waals surface area contributed by atoms with Crippen LogP contribution in [0.2, 0.25) is 0 Å². The first kappa shape index (κ1) is 12.6. The highest BCUT2D eigenvalue weighted by molar-refractivity contribution is 7.93. The van der Waals surface area contributed by atoms with Crippen LogP contribution in [-0.2, 0) is 16.4 Å². The van der Waals surface area contributed by atoms with Gasteiger partial charge in [0.25, 0.3) is 0 Å². The molecule has 94 valence electrons. The number of fused-ring (bicyclic) bond motifs is 1. The predicted octanol–water partition coefficient (Wildman–Crippen LogP) is 2.15. The lowest BCUT2D eigenvalue weighted by Gasteiger charge is -2.22. The van der Waals surface area contributed by atoms with E-state index >= 15 is 0 Å². The van der Waals surface area contributed by atoms with Gasteiger partial charge in [0, 0.05) is 12.4 Å². The molecule has 1 aromatic carbocycles. The summed E-state index contributed by atoms with van der Waals surface area (Å²) in [5, 5.41) is -0.668. The van der Waals surface area contributed by atoms with Crippen LogP contribution in [-0.4, -0.2) is 26.1 Å². The van der Waals surface area contributed by atoms with Gasteiger partial charge in [0.1, 0.15) is 5.82 Å². The summed E-state index contributed by atoms with van der Waals surface area (Å²) in [6.45, 7) is 1.92. The molecular formula is C11H13ClFNO2S. The SMILES string of the molecule is CC(CCl)S(=O)(=O)N1CCc2ccc(F)cc21. The van der Waals surface area contributed by atoms with Crippen LogP contribution in [0.3, 0.4) is 0 Å². The van der Waals surface area contributed by atoms with Crippen molar-refractivity contribution in [2.24, 2.45) is 0 Å². The van der Waals surface area contributed by atoms with Crippen molar-refractivity contribution >= 4 is 27.3 Å². The summed E-state index contributed by atoms with van der Waals surface area (Å²) in [7, 11) is -3.48. The molecule has 2 rings (SSSR count). The number of hydrogen-bond donors (Lipinski definition) is 0. The van der Waals surface area contributed by atoms with Gasteiger partial charge < -0.3 is 0 Å². The van der Waals surface area contributed by atoms with E-state index in [-0.39, 0.29) is 5.88 Å². The highest BCUT2D eigenvalue weighted by atomic mass is 35.5. The van der Waals surface area contributed by atoms with Crippen LogP contribution in [0.25, 0.3) is 0 Å². The van der Waals surface area contributed by atoms with Gasteiger partial charge in [-0.3, -0.25) is 4.31 Å². The van der Waals surface area contributed by atoms with Crippen LogP contribution < -0.4 is 4.31 Å². The second kappa shape index (κ2) is 4.46. The fourth-order valence-corrected chi connectivity index (χ4v) is 3.75. The zero-order valence-electron chi connectivity index (χ0n) is 9.36. The third kappa shape index (κ3) is 2.13. The minimum Gasteiger partial charge on any atom is -0.269 e. The number of alkyl halides is 1. The largest absolute Gasteiger partial charge is 0.269 e. The van der Waals surface area contributed by atoms with Crippen molar-refractivity contribution in [3.05, 3.63) is 29.6 Å². The highest BCUT2D eigenvalue weighted by Crippen LogP contribution is 2.32. The van der Waals surface area contributed by atoms with Crippen molar-refractivity contribution in [3.8, 4) is 0 Å². The number of rotatable bonds is 3. The zero-order chi connectivity index (χ0) is 12.6. The van der Waals surface area contributed by atoms with Gasteiger partial charge in [-0.15, -0.1) is 11.6 Å². The van der Waals surface area contributed by atoms with Gasteiger partial charge in [0.2, 0.25) is 10.0 Å². The summed E-state index contributed by atoms with van der Waals surface area (Å²) in [6, 6.07) is 4.24. The average molecular weight is 278 g/mol. The molecule has 0 spiro atoms. The molecule has 1 aliphatic heterocycles. The first-order chi connectivity index (χ1) is 7.96. The molecule has 0 saturated carbocycles. The Morgan fingerprint density at radius 1 is 1.53 bits per heavy atom. The molecule has 0 fully saturated rings. The van der Waals surface area contributed by atoms with Gasteiger partial charge in [-0.05, 0) is 31.0 Å². The summed E-state index contributed by atoms with van der Waals surface area (Å²) in [6.07, 6.45) is 0.615. The maximum absolute atomic E-state index is 13.2. The summed E-state index contributed by atoms with van der Waals surface area (Å²) in [5.41, 5.74) is 1.30. The van der Waals surface area contributed by atoms with E-state index in [2.05, 4.69) is 0 Å². The monoisotopic (exact) mass is 277 g/mol. The molecule has 1 heterocycles. The van der Waals surface area contributed by atoms with Gasteiger partial charge in [0.15, 0.2) is 0 Å². The van der Waals surface area contributed by atoms with Crippen molar-refractivity contribution in [1.29, 1.82) is 0 Å². The third-order valence-corrected chi connectivity index (χ3v) is 5.76. The van der Waals surface area contributed by atoms with Gasteiger partial charge in [-0.2, -0.15) is 0 Å². The Labute approximate surface area is 105 Å². The van der Waals surface area contributed by atoms with E-state index in [1.165, 1.54) is 16.4 Å². The van der Waals surface area contributed by atoms with Crippen molar-refractivity contribution in [2.75, 3.05) is 16.7 Å². The molecule has 1 aliphatic rings. The van der Waals surface area contributed by atoms with Gasteiger partial charge >= 0.3 is 0 Å². The van der Waals surface area contributed by atoms with Gasteiger partial charge in [-0.25, -0.2) is 12.8 Å². The Morgan fingerprint density at radius 3 is 2.88 bits per heavy atom. The number of nitrogens with zero attached hydrogens (tertiary/aromatic N) is 1. The van der Waals surface area contributed by atoms with Crippen LogP contribution >= 0.6 is 11.6 Å². The molecule has 3 nitrogen and oxygen atoms in total. The van der Waals surface area contributed by atoms with E-state index in [9.17, 15) is 12.8 Å². The zero-order valence-corrected chi connectivity index (χ0v) is 10.9. The molecule has 0 amide bonds. The first-order valence-electron chi connectivity index (χ1n) is 5.32. The second-order valence-corrected chi connectivity index (χ2v) is 6.69. The van der Waals surface area contributed by atoms with Crippen LogP contribution in [0.1, 0.15) is 12.5 Å². The van der Waals surface area contributed by atoms with Crippen LogP contribution in [0, 0.1) is 5.82 Å². The molecule has 0 radical (unpaired) electrons. The first-order valence-corrected chi connectivity index (χ1v) is 7.36. The summed E-state index contributed by atoms with van der Waals surface area (Å²) in [5.74, 6) is -0.395. The predicted molar refractivity (Wildman–Crippen MR) is 66.6 cm³/mol. The lowest BCUT2D eigenvalue weighted by molar-refractivity contribution is 0.584. The fraction of sp³-hybridized carbons (Fsp3) is 0.455. The Morgan fingerprint density at radius 2 is 2.24 bits per heavy atom. The Balaban J connectivity index is 2.43. The minimum atomic E-state index is -3.48. The standard InChI is InChI=1S/C11H13ClFNO2S/c1-8(7-12)17(15,16)14-5-4-9-2-3-10(13)6-11(9)14/h2-3,6,8H,4-5,7H2,1H3. The topological polar surface area (TPSA) is 37.4 Å². The van der Waals surface area contributed by atoms with E-state index in [1.54, 1.807) is 13.0 Å². The molecular weight excluding hydrogens is 265 g/mol. The van der Waals surface area contributed by atoms with Crippen LogP contribution in [0.15, 0.2) is 18.2 Å². The molecule has 1 atom stereocenters. The molecule has 0 bridgehead atoms. The van der Waals surface area contributed by atoms with Crippen LogP contribution in [0.4, 0.5) is 10.1 Å². The molecule has 0 saturated heterocycles. The van der Waals surface area contributed by atoms with E-state index < -0.39 is 21.1 Å². The number of benzene rings is 1. The van der Waals surface area contributed by atoms with Crippen LogP contribution in [0.5, 0.6) is 0 Å². The normalized spacial score (nSPS) is 17.0. The van der Waals surface area contributed by atoms with E-state index in [0.717, 1.165) is 5.56 Å². The third-order valence-electron chi connectivity index (χ3n) is 2.93. The number of sulfonamides is 1. The van der Waals surface area contributed by atoms with Crippen molar-refractivity contribution < 1.29 is 12.8 Å².